The van der Waals surface area contributed by atoms with E-state index in [0.717, 1.165) is 42.9 Å². The van der Waals surface area contributed by atoms with Crippen molar-refractivity contribution in [2.75, 3.05) is 18.5 Å². The minimum Gasteiger partial charge on any atom is -0.492 e. The van der Waals surface area contributed by atoms with E-state index in [2.05, 4.69) is 22.8 Å². The maximum Gasteiger partial charge on any atom is 0.231 e. The van der Waals surface area contributed by atoms with Gasteiger partial charge < -0.3 is 15.4 Å². The molecule has 4 rings (SSSR count). The van der Waals surface area contributed by atoms with Crippen LogP contribution in [0.4, 0.5) is 5.69 Å². The third-order valence-corrected chi connectivity index (χ3v) is 4.61. The minimum atomic E-state index is -0.140. The molecular weight excluding hydrogens is 324 g/mol. The van der Waals surface area contributed by atoms with Crippen molar-refractivity contribution in [3.05, 3.63) is 59.2 Å². The van der Waals surface area contributed by atoms with Gasteiger partial charge in [-0.15, -0.1) is 12.4 Å². The van der Waals surface area contributed by atoms with Crippen LogP contribution in [0, 0.1) is 5.92 Å². The number of anilines is 1. The van der Waals surface area contributed by atoms with Crippen LogP contribution < -0.4 is 15.4 Å². The Bertz CT molecular complexity index is 748. The fourth-order valence-corrected chi connectivity index (χ4v) is 3.30. The van der Waals surface area contributed by atoms with Gasteiger partial charge in [0.1, 0.15) is 12.4 Å². The van der Waals surface area contributed by atoms with Gasteiger partial charge in [0.25, 0.3) is 0 Å². The lowest BCUT2D eigenvalue weighted by Crippen LogP contribution is -2.32. The lowest BCUT2D eigenvalue weighted by Gasteiger charge is -2.25. The molecule has 2 heterocycles. The number of hydrogen-bond donors (Lipinski definition) is 2. The van der Waals surface area contributed by atoms with Crippen LogP contribution in [0.25, 0.3) is 0 Å². The third kappa shape index (κ3) is 3.40. The standard InChI is InChI=1S/C19H20N2O2.ClH/c22-19(16-9-14-3-1-2-4-18(14)23-12-16)21-17-6-5-13-7-8-20-11-15(13)10-17;/h1-6,10,16,20H,7-9,11-12H2,(H,21,22);1H. The molecule has 1 atom stereocenters. The van der Waals surface area contributed by atoms with Gasteiger partial charge in [-0.25, -0.2) is 0 Å². The fourth-order valence-electron chi connectivity index (χ4n) is 3.30. The number of fused-ring (bicyclic) bond motifs is 2. The molecule has 4 nitrogen and oxygen atoms in total. The quantitative estimate of drug-likeness (QED) is 0.880. The molecule has 2 aliphatic heterocycles. The first-order chi connectivity index (χ1) is 11.3. The van der Waals surface area contributed by atoms with E-state index in [1.54, 1.807) is 0 Å². The zero-order chi connectivity index (χ0) is 15.6. The molecule has 0 bridgehead atoms. The summed E-state index contributed by atoms with van der Waals surface area (Å²) < 4.78 is 5.71. The normalized spacial score (nSPS) is 18.4. The maximum absolute atomic E-state index is 12.5. The summed E-state index contributed by atoms with van der Waals surface area (Å²) in [6.45, 7) is 2.34. The molecule has 0 radical (unpaired) electrons. The monoisotopic (exact) mass is 344 g/mol. The predicted molar refractivity (Wildman–Crippen MR) is 96.9 cm³/mol. The van der Waals surface area contributed by atoms with E-state index < -0.39 is 0 Å². The number of ether oxygens (including phenoxy) is 1. The summed E-state index contributed by atoms with van der Waals surface area (Å²) in [7, 11) is 0. The second-order valence-corrected chi connectivity index (χ2v) is 6.22. The highest BCUT2D eigenvalue weighted by molar-refractivity contribution is 5.93. The number of hydrogen-bond acceptors (Lipinski definition) is 3. The fraction of sp³-hybridized carbons (Fsp3) is 0.316. The molecule has 0 aliphatic carbocycles. The van der Waals surface area contributed by atoms with Gasteiger partial charge in [-0.2, -0.15) is 0 Å². The molecular formula is C19H21ClN2O2. The summed E-state index contributed by atoms with van der Waals surface area (Å²) >= 11 is 0. The van der Waals surface area contributed by atoms with Crippen LogP contribution in [-0.4, -0.2) is 19.1 Å². The van der Waals surface area contributed by atoms with Crippen molar-refractivity contribution in [1.29, 1.82) is 0 Å². The Balaban J connectivity index is 0.00000169. The molecule has 5 heteroatoms. The first kappa shape index (κ1) is 16.8. The number of halogens is 1. The highest BCUT2D eigenvalue weighted by Gasteiger charge is 2.26. The average molecular weight is 345 g/mol. The van der Waals surface area contributed by atoms with Gasteiger partial charge in [0.15, 0.2) is 0 Å². The Morgan fingerprint density at radius 1 is 1.12 bits per heavy atom. The van der Waals surface area contributed by atoms with Crippen molar-refractivity contribution in [2.24, 2.45) is 5.92 Å². The summed E-state index contributed by atoms with van der Waals surface area (Å²) in [6.07, 6.45) is 1.78. The molecule has 2 aromatic carbocycles. The van der Waals surface area contributed by atoms with E-state index in [9.17, 15) is 4.79 Å². The molecule has 2 aliphatic rings. The zero-order valence-electron chi connectivity index (χ0n) is 13.4. The smallest absolute Gasteiger partial charge is 0.231 e. The topological polar surface area (TPSA) is 50.4 Å². The third-order valence-electron chi connectivity index (χ3n) is 4.61. The van der Waals surface area contributed by atoms with Gasteiger partial charge in [0, 0.05) is 12.2 Å². The Labute approximate surface area is 148 Å². The maximum atomic E-state index is 12.5. The minimum absolute atomic E-state index is 0. The number of carbonyl (C=O) groups is 1. The Morgan fingerprint density at radius 3 is 2.92 bits per heavy atom. The number of nitrogens with one attached hydrogen (secondary N) is 2. The van der Waals surface area contributed by atoms with Crippen LogP contribution >= 0.6 is 12.4 Å². The summed E-state index contributed by atoms with van der Waals surface area (Å²) in [5.74, 6) is 0.790. The number of rotatable bonds is 2. The van der Waals surface area contributed by atoms with E-state index in [1.807, 2.05) is 30.3 Å². The van der Waals surface area contributed by atoms with Crippen molar-refractivity contribution in [3.63, 3.8) is 0 Å². The SMILES string of the molecule is Cl.O=C(Nc1ccc2c(c1)CNCC2)C1COc2ccccc2C1. The molecule has 2 N–H and O–H groups in total. The van der Waals surface area contributed by atoms with E-state index in [-0.39, 0.29) is 24.2 Å². The molecule has 0 spiro atoms. The number of para-hydroxylation sites is 1. The second kappa shape index (κ2) is 7.24. The van der Waals surface area contributed by atoms with Gasteiger partial charge in [0.2, 0.25) is 5.91 Å². The predicted octanol–water partition coefficient (Wildman–Crippen LogP) is 2.94. The zero-order valence-corrected chi connectivity index (χ0v) is 14.2. The van der Waals surface area contributed by atoms with Gasteiger partial charge in [-0.05, 0) is 54.3 Å². The van der Waals surface area contributed by atoms with Gasteiger partial charge in [0.05, 0.1) is 5.92 Å². The van der Waals surface area contributed by atoms with E-state index in [0.29, 0.717) is 6.61 Å². The molecule has 0 saturated heterocycles. The van der Waals surface area contributed by atoms with Crippen LogP contribution in [-0.2, 0) is 24.2 Å². The largest absolute Gasteiger partial charge is 0.492 e. The van der Waals surface area contributed by atoms with Gasteiger partial charge >= 0.3 is 0 Å². The van der Waals surface area contributed by atoms with E-state index in [4.69, 9.17) is 4.74 Å². The van der Waals surface area contributed by atoms with E-state index >= 15 is 0 Å². The van der Waals surface area contributed by atoms with Crippen LogP contribution in [0.15, 0.2) is 42.5 Å². The number of amides is 1. The number of carbonyl (C=O) groups excluding carboxylic acids is 1. The molecule has 0 saturated carbocycles. The Hall–Kier alpha value is -2.04. The van der Waals surface area contributed by atoms with Crippen molar-refractivity contribution in [1.82, 2.24) is 5.32 Å². The van der Waals surface area contributed by atoms with Crippen LogP contribution in [0.5, 0.6) is 5.75 Å². The van der Waals surface area contributed by atoms with E-state index in [1.165, 1.54) is 11.1 Å². The Morgan fingerprint density at radius 2 is 2.00 bits per heavy atom. The van der Waals surface area contributed by atoms with Crippen molar-refractivity contribution in [2.45, 2.75) is 19.4 Å². The number of benzene rings is 2. The Kier molecular flexibility index (Phi) is 5.07. The lowest BCUT2D eigenvalue weighted by molar-refractivity contribution is -0.121. The second-order valence-electron chi connectivity index (χ2n) is 6.22. The molecule has 0 fully saturated rings. The van der Waals surface area contributed by atoms with Crippen molar-refractivity contribution in [3.8, 4) is 5.75 Å². The van der Waals surface area contributed by atoms with Crippen molar-refractivity contribution >= 4 is 24.0 Å². The molecule has 1 unspecified atom stereocenters. The van der Waals surface area contributed by atoms with Crippen LogP contribution in [0.1, 0.15) is 16.7 Å². The van der Waals surface area contributed by atoms with Gasteiger partial charge in [-0.3, -0.25) is 4.79 Å². The summed E-state index contributed by atoms with van der Waals surface area (Å²) in [5.41, 5.74) is 4.63. The van der Waals surface area contributed by atoms with Crippen molar-refractivity contribution < 1.29 is 9.53 Å². The molecule has 1 amide bonds. The molecule has 0 aromatic heterocycles. The molecule has 24 heavy (non-hydrogen) atoms. The molecule has 2 aromatic rings. The summed E-state index contributed by atoms with van der Waals surface area (Å²) in [6, 6.07) is 14.1. The van der Waals surface area contributed by atoms with Crippen LogP contribution in [0.2, 0.25) is 0 Å². The summed E-state index contributed by atoms with van der Waals surface area (Å²) in [5, 5.41) is 6.41. The summed E-state index contributed by atoms with van der Waals surface area (Å²) in [4.78, 5) is 12.5. The van der Waals surface area contributed by atoms with Crippen LogP contribution in [0.3, 0.4) is 0 Å². The van der Waals surface area contributed by atoms with Gasteiger partial charge in [-0.1, -0.05) is 24.3 Å². The average Bonchev–Trinajstić information content (AvgIpc) is 2.61. The highest BCUT2D eigenvalue weighted by atomic mass is 35.5. The highest BCUT2D eigenvalue weighted by Crippen LogP contribution is 2.27. The lowest BCUT2D eigenvalue weighted by atomic mass is 9.95. The molecule has 126 valence electrons. The first-order valence-electron chi connectivity index (χ1n) is 8.14. The first-order valence-corrected chi connectivity index (χ1v) is 8.14.